The Bertz CT molecular complexity index is 1390. The summed E-state index contributed by atoms with van der Waals surface area (Å²) in [5.41, 5.74) is 3.98. The molecule has 6 rings (SSSR count). The molecule has 0 spiro atoms. The summed E-state index contributed by atoms with van der Waals surface area (Å²) in [5.74, 6) is -0.876. The summed E-state index contributed by atoms with van der Waals surface area (Å²) in [6.07, 6.45) is 1.37. The van der Waals surface area contributed by atoms with Gasteiger partial charge < -0.3 is 14.9 Å². The van der Waals surface area contributed by atoms with E-state index >= 15 is 0 Å². The Labute approximate surface area is 273 Å². The first-order valence-electron chi connectivity index (χ1n) is 13.7. The molecule has 3 aliphatic rings. The SMILES string of the molecule is O=C(O)CN1CCN2CCN(CP(=O)(O)O)CCN(CC1)Cc1cccc(n1)-c1cnnn1Cc1cccc(n1)C2.[Lu]. The van der Waals surface area contributed by atoms with E-state index in [-0.39, 0.29) is 49.7 Å². The van der Waals surface area contributed by atoms with Crippen molar-refractivity contribution in [1.29, 1.82) is 0 Å². The Morgan fingerprint density at radius 1 is 0.786 bits per heavy atom. The molecule has 3 N–H and O–H groups in total. The number of aliphatic carboxylic acids is 1. The van der Waals surface area contributed by atoms with Gasteiger partial charge in [-0.2, -0.15) is 0 Å². The molecule has 2 atom stereocenters. The van der Waals surface area contributed by atoms with Gasteiger partial charge in [-0.3, -0.25) is 33.9 Å². The first-order valence-corrected chi connectivity index (χ1v) is 15.5. The predicted octanol–water partition coefficient (Wildman–Crippen LogP) is 0.238. The Morgan fingerprint density at radius 3 is 1.93 bits per heavy atom. The van der Waals surface area contributed by atoms with Crippen LogP contribution in [0.25, 0.3) is 11.4 Å². The van der Waals surface area contributed by atoms with Crippen molar-refractivity contribution in [1.82, 2.24) is 44.6 Å². The molecule has 3 aromatic rings. The summed E-state index contributed by atoms with van der Waals surface area (Å²) in [4.78, 5) is 49.1. The molecule has 3 aromatic heterocycles. The Kier molecular flexibility index (Phi) is 12.0. The third-order valence-corrected chi connectivity index (χ3v) is 8.08. The second kappa shape index (κ2) is 15.2. The first kappa shape index (κ1) is 33.0. The fourth-order valence-electron chi connectivity index (χ4n) is 5.25. The fourth-order valence-corrected chi connectivity index (χ4v) is 6.05. The quantitative estimate of drug-likeness (QED) is 0.311. The number of nitrogens with zero attached hydrogens (tertiary/aromatic N) is 9. The van der Waals surface area contributed by atoms with Crippen LogP contribution in [0.1, 0.15) is 17.1 Å². The van der Waals surface area contributed by atoms with Crippen molar-refractivity contribution < 1.29 is 61.1 Å². The number of fused-ring (bicyclic) bond motifs is 8. The molecule has 14 nitrogen and oxygen atoms in total. The van der Waals surface area contributed by atoms with E-state index in [2.05, 4.69) is 20.1 Å². The van der Waals surface area contributed by atoms with Crippen LogP contribution in [0.3, 0.4) is 0 Å². The molecule has 2 unspecified atom stereocenters. The van der Waals surface area contributed by atoms with E-state index in [4.69, 9.17) is 9.97 Å². The van der Waals surface area contributed by atoms with E-state index < -0.39 is 13.6 Å². The van der Waals surface area contributed by atoms with E-state index in [1.54, 1.807) is 10.9 Å². The molecule has 3 aliphatic heterocycles. The molecule has 0 saturated carbocycles. The van der Waals surface area contributed by atoms with Crippen molar-refractivity contribution in [3.05, 3.63) is 59.7 Å². The number of aromatic nitrogens is 5. The van der Waals surface area contributed by atoms with Gasteiger partial charge in [-0.1, -0.05) is 17.3 Å². The van der Waals surface area contributed by atoms with Crippen molar-refractivity contribution >= 4 is 13.6 Å². The standard InChI is InChI=1S/C26H36N9O5P.Lu/c36-26(37)19-33-9-7-31-11-13-34(20-41(38,39)40)14-12-32(8-10-33)17-22-5-2-6-24(29-22)25-15-27-30-35(25)18-23-4-1-3-21(16-31)28-23;/h1-6,15H,7-14,16-20H2,(H,36,37)(H2,38,39,40);. The van der Waals surface area contributed by atoms with Crippen LogP contribution in [0.2, 0.25) is 0 Å². The monoisotopic (exact) mass is 760 g/mol. The van der Waals surface area contributed by atoms with Crippen LogP contribution in [-0.2, 0) is 29.0 Å². The first-order chi connectivity index (χ1) is 19.7. The zero-order chi connectivity index (χ0) is 28.8. The van der Waals surface area contributed by atoms with Crippen LogP contribution in [0.5, 0.6) is 0 Å². The zero-order valence-electron chi connectivity index (χ0n) is 23.1. The summed E-state index contributed by atoms with van der Waals surface area (Å²) in [6, 6.07) is 11.6. The summed E-state index contributed by atoms with van der Waals surface area (Å²) >= 11 is 0. The average molecular weight is 761 g/mol. The van der Waals surface area contributed by atoms with Gasteiger partial charge in [-0.25, -0.2) is 9.67 Å². The molecule has 0 aromatic carbocycles. The van der Waals surface area contributed by atoms with Crippen LogP contribution in [0.15, 0.2) is 42.6 Å². The van der Waals surface area contributed by atoms with Crippen molar-refractivity contribution in [3.8, 4) is 11.4 Å². The van der Waals surface area contributed by atoms with Gasteiger partial charge in [-0.15, -0.1) is 5.10 Å². The number of hydrogen-bond donors (Lipinski definition) is 3. The fraction of sp³-hybridized carbons (Fsp3) is 0.500. The number of rotatable bonds is 4. The number of carboxylic acids is 1. The second-order valence-corrected chi connectivity index (χ2v) is 12.2. The maximum absolute atomic E-state index is 12.0. The Balaban J connectivity index is 0.00000405. The van der Waals surface area contributed by atoms with Gasteiger partial charge in [0.05, 0.1) is 42.1 Å². The molecule has 1 fully saturated rings. The second-order valence-electron chi connectivity index (χ2n) is 10.6. The molecule has 235 valence electrons. The van der Waals surface area contributed by atoms with E-state index in [1.807, 2.05) is 46.2 Å². The number of hydrogen-bond acceptors (Lipinski definition) is 10. The molecule has 0 amide bonds. The minimum Gasteiger partial charge on any atom is -0.480 e. The Morgan fingerprint density at radius 2 is 1.33 bits per heavy atom. The normalized spacial score (nSPS) is 21.1. The smallest absolute Gasteiger partial charge is 0.339 e. The maximum Gasteiger partial charge on any atom is 0.339 e. The molecule has 1 radical (unpaired) electrons. The summed E-state index contributed by atoms with van der Waals surface area (Å²) in [6.45, 7) is 5.57. The molecule has 1 saturated heterocycles. The minimum absolute atomic E-state index is 0. The summed E-state index contributed by atoms with van der Waals surface area (Å²) < 4.78 is 13.8. The molecule has 6 heterocycles. The van der Waals surface area contributed by atoms with Gasteiger partial charge in [0.2, 0.25) is 0 Å². The van der Waals surface area contributed by atoms with Crippen LogP contribution in [0.4, 0.5) is 0 Å². The number of pyridine rings is 2. The van der Waals surface area contributed by atoms with Gasteiger partial charge in [0, 0.05) is 102 Å². The van der Waals surface area contributed by atoms with E-state index in [9.17, 15) is 24.3 Å². The molecular weight excluding hydrogens is 724 g/mol. The van der Waals surface area contributed by atoms with Gasteiger partial charge in [-0.05, 0) is 24.3 Å². The largest absolute Gasteiger partial charge is 0.480 e. The third-order valence-electron chi connectivity index (χ3n) is 7.31. The molecule has 16 heteroatoms. The minimum atomic E-state index is -4.27. The third kappa shape index (κ3) is 9.83. The Hall–Kier alpha value is -1.87. The van der Waals surface area contributed by atoms with Gasteiger partial charge in [0.25, 0.3) is 0 Å². The topological polar surface area (TPSA) is 164 Å². The van der Waals surface area contributed by atoms with Crippen molar-refractivity contribution in [2.24, 2.45) is 0 Å². The molecule has 42 heavy (non-hydrogen) atoms. The van der Waals surface area contributed by atoms with Gasteiger partial charge in [0.1, 0.15) is 12.0 Å². The van der Waals surface area contributed by atoms with E-state index in [0.717, 1.165) is 28.5 Å². The summed E-state index contributed by atoms with van der Waals surface area (Å²) in [7, 11) is -4.27. The van der Waals surface area contributed by atoms with Crippen LogP contribution >= 0.6 is 7.60 Å². The summed E-state index contributed by atoms with van der Waals surface area (Å²) in [5, 5.41) is 18.0. The van der Waals surface area contributed by atoms with Crippen molar-refractivity contribution in [2.45, 2.75) is 19.6 Å². The predicted molar refractivity (Wildman–Crippen MR) is 150 cm³/mol. The van der Waals surface area contributed by atoms with Crippen LogP contribution < -0.4 is 0 Å². The zero-order valence-corrected chi connectivity index (χ0v) is 25.7. The van der Waals surface area contributed by atoms with E-state index in [1.165, 1.54) is 0 Å². The van der Waals surface area contributed by atoms with Gasteiger partial charge in [0.15, 0.2) is 0 Å². The van der Waals surface area contributed by atoms with Crippen molar-refractivity contribution in [2.75, 3.05) is 65.2 Å². The van der Waals surface area contributed by atoms with Crippen molar-refractivity contribution in [3.63, 3.8) is 0 Å². The van der Waals surface area contributed by atoms with Crippen LogP contribution in [0, 0.1) is 36.9 Å². The van der Waals surface area contributed by atoms with E-state index in [0.29, 0.717) is 72.0 Å². The number of carbonyl (C=O) groups is 1. The van der Waals surface area contributed by atoms with Crippen LogP contribution in [-0.4, -0.2) is 131 Å². The molecule has 6 bridgehead atoms. The average Bonchev–Trinajstić information content (AvgIpc) is 3.37. The van der Waals surface area contributed by atoms with Gasteiger partial charge >= 0.3 is 13.6 Å². The number of carboxylic acid groups (broad SMARTS) is 1. The molecule has 0 aliphatic carbocycles. The maximum atomic E-state index is 12.0. The molecular formula is C26H36LuN9O5P.